The van der Waals surface area contributed by atoms with Crippen molar-refractivity contribution in [2.75, 3.05) is 6.54 Å². The van der Waals surface area contributed by atoms with Gasteiger partial charge in [0.15, 0.2) is 0 Å². The number of carbonyl (C=O) groups excluding carboxylic acids is 1. The fourth-order valence-electron chi connectivity index (χ4n) is 2.22. The molecule has 4 heteroatoms. The first-order chi connectivity index (χ1) is 9.51. The van der Waals surface area contributed by atoms with Crippen molar-refractivity contribution in [3.8, 4) is 0 Å². The summed E-state index contributed by atoms with van der Waals surface area (Å²) in [6, 6.07) is 7.87. The molecule has 0 aliphatic rings. The summed E-state index contributed by atoms with van der Waals surface area (Å²) in [5, 5.41) is 3.77. The molecule has 112 valence electrons. The fourth-order valence-corrected chi connectivity index (χ4v) is 2.43. The summed E-state index contributed by atoms with van der Waals surface area (Å²) in [5.74, 6) is 0.623. The molecule has 0 fully saturated rings. The van der Waals surface area contributed by atoms with Gasteiger partial charge in [0.25, 0.3) is 0 Å². The third-order valence-electron chi connectivity index (χ3n) is 3.36. The van der Waals surface area contributed by atoms with Crippen LogP contribution in [0.3, 0.4) is 0 Å². The van der Waals surface area contributed by atoms with E-state index in [-0.39, 0.29) is 11.9 Å². The third-order valence-corrected chi connectivity index (χ3v) is 3.60. The van der Waals surface area contributed by atoms with Gasteiger partial charge in [-0.05, 0) is 56.3 Å². The van der Waals surface area contributed by atoms with Crippen molar-refractivity contribution in [3.05, 3.63) is 34.9 Å². The highest BCUT2D eigenvalue weighted by molar-refractivity contribution is 6.30. The number of hydrogen-bond acceptors (Lipinski definition) is 2. The van der Waals surface area contributed by atoms with E-state index in [1.54, 1.807) is 0 Å². The topological polar surface area (TPSA) is 55.1 Å². The molecule has 0 radical (unpaired) electrons. The van der Waals surface area contributed by atoms with Crippen LogP contribution in [0, 0.1) is 5.92 Å². The molecule has 20 heavy (non-hydrogen) atoms. The molecule has 1 rings (SSSR count). The van der Waals surface area contributed by atoms with Crippen LogP contribution in [-0.2, 0) is 11.2 Å². The highest BCUT2D eigenvalue weighted by Gasteiger charge is 2.10. The summed E-state index contributed by atoms with van der Waals surface area (Å²) < 4.78 is 0. The molecule has 0 saturated heterocycles. The number of nitrogens with two attached hydrogens (primary N) is 1. The van der Waals surface area contributed by atoms with Crippen molar-refractivity contribution in [1.82, 2.24) is 5.32 Å². The van der Waals surface area contributed by atoms with Gasteiger partial charge in [-0.25, -0.2) is 0 Å². The third kappa shape index (κ3) is 6.92. The monoisotopic (exact) mass is 296 g/mol. The molecule has 0 heterocycles. The highest BCUT2D eigenvalue weighted by Crippen LogP contribution is 2.13. The second-order valence-corrected chi connectivity index (χ2v) is 5.96. The predicted octanol–water partition coefficient (Wildman–Crippen LogP) is 3.15. The second-order valence-electron chi connectivity index (χ2n) is 5.52. The van der Waals surface area contributed by atoms with Crippen molar-refractivity contribution in [2.45, 2.75) is 45.6 Å². The number of rotatable bonds is 8. The fraction of sp³-hybridized carbons (Fsp3) is 0.562. The zero-order valence-corrected chi connectivity index (χ0v) is 13.1. The summed E-state index contributed by atoms with van der Waals surface area (Å²) >= 11 is 5.95. The largest absolute Gasteiger partial charge is 0.353 e. The number of amides is 1. The van der Waals surface area contributed by atoms with E-state index in [1.165, 1.54) is 0 Å². The molecule has 0 aliphatic carbocycles. The van der Waals surface area contributed by atoms with Gasteiger partial charge in [0.1, 0.15) is 0 Å². The molecule has 1 amide bonds. The van der Waals surface area contributed by atoms with Gasteiger partial charge in [-0.3, -0.25) is 4.79 Å². The summed E-state index contributed by atoms with van der Waals surface area (Å²) in [7, 11) is 0. The zero-order chi connectivity index (χ0) is 15.0. The van der Waals surface area contributed by atoms with Gasteiger partial charge in [-0.15, -0.1) is 0 Å². The van der Waals surface area contributed by atoms with Crippen LogP contribution < -0.4 is 11.1 Å². The minimum Gasteiger partial charge on any atom is -0.353 e. The van der Waals surface area contributed by atoms with E-state index in [1.807, 2.05) is 31.2 Å². The van der Waals surface area contributed by atoms with Crippen LogP contribution >= 0.6 is 11.6 Å². The lowest BCUT2D eigenvalue weighted by atomic mass is 10.0. The zero-order valence-electron chi connectivity index (χ0n) is 12.4. The molecule has 2 atom stereocenters. The molecule has 0 bridgehead atoms. The second kappa shape index (κ2) is 8.98. The Kier molecular flexibility index (Phi) is 7.63. The predicted molar refractivity (Wildman–Crippen MR) is 84.8 cm³/mol. The average molecular weight is 297 g/mol. The first-order valence-electron chi connectivity index (χ1n) is 7.25. The molecular weight excluding hydrogens is 272 g/mol. The van der Waals surface area contributed by atoms with Gasteiger partial charge >= 0.3 is 0 Å². The molecule has 2 unspecified atom stereocenters. The Morgan fingerprint density at radius 3 is 2.75 bits per heavy atom. The van der Waals surface area contributed by atoms with Crippen molar-refractivity contribution in [1.29, 1.82) is 0 Å². The minimum absolute atomic E-state index is 0.114. The lowest BCUT2D eigenvalue weighted by molar-refractivity contribution is -0.121. The number of nitrogens with one attached hydrogen (secondary N) is 1. The van der Waals surface area contributed by atoms with Crippen LogP contribution in [0.4, 0.5) is 0 Å². The van der Waals surface area contributed by atoms with Crippen LogP contribution in [-0.4, -0.2) is 18.5 Å². The van der Waals surface area contributed by atoms with E-state index in [0.29, 0.717) is 18.9 Å². The SMILES string of the molecule is CC(CCN)CCC(=O)NC(C)Cc1cccc(Cl)c1. The maximum Gasteiger partial charge on any atom is 0.220 e. The lowest BCUT2D eigenvalue weighted by Crippen LogP contribution is -2.34. The maximum atomic E-state index is 11.9. The minimum atomic E-state index is 0.114. The number of benzene rings is 1. The van der Waals surface area contributed by atoms with E-state index in [0.717, 1.165) is 29.8 Å². The Bertz CT molecular complexity index is 423. The Hall–Kier alpha value is -1.06. The number of carbonyl (C=O) groups is 1. The van der Waals surface area contributed by atoms with Crippen molar-refractivity contribution in [3.63, 3.8) is 0 Å². The summed E-state index contributed by atoms with van der Waals surface area (Å²) in [4.78, 5) is 11.9. The first kappa shape index (κ1) is 17.0. The molecule has 0 aromatic heterocycles. The van der Waals surface area contributed by atoms with Crippen LogP contribution in [0.2, 0.25) is 5.02 Å². The molecule has 1 aromatic carbocycles. The molecule has 3 N–H and O–H groups in total. The van der Waals surface area contributed by atoms with E-state index >= 15 is 0 Å². The van der Waals surface area contributed by atoms with Crippen LogP contribution in [0.25, 0.3) is 0 Å². The molecule has 0 spiro atoms. The number of halogens is 1. The standard InChI is InChI=1S/C16H25ClN2O/c1-12(8-9-18)6-7-16(20)19-13(2)10-14-4-3-5-15(17)11-14/h3-5,11-13H,6-10,18H2,1-2H3,(H,19,20). The Morgan fingerprint density at radius 1 is 1.35 bits per heavy atom. The molecular formula is C16H25ClN2O. The smallest absolute Gasteiger partial charge is 0.220 e. The summed E-state index contributed by atoms with van der Waals surface area (Å²) in [6.07, 6.45) is 3.24. The normalized spacial score (nSPS) is 13.8. The summed E-state index contributed by atoms with van der Waals surface area (Å²) in [6.45, 7) is 4.84. The van der Waals surface area contributed by atoms with Gasteiger partial charge in [-0.1, -0.05) is 30.7 Å². The van der Waals surface area contributed by atoms with Crippen LogP contribution in [0.5, 0.6) is 0 Å². The van der Waals surface area contributed by atoms with E-state index in [9.17, 15) is 4.79 Å². The van der Waals surface area contributed by atoms with E-state index < -0.39 is 0 Å². The van der Waals surface area contributed by atoms with Crippen LogP contribution in [0.1, 0.15) is 38.7 Å². The lowest BCUT2D eigenvalue weighted by Gasteiger charge is -2.15. The Balaban J connectivity index is 2.31. The van der Waals surface area contributed by atoms with Gasteiger partial charge in [0, 0.05) is 17.5 Å². The van der Waals surface area contributed by atoms with E-state index in [2.05, 4.69) is 12.2 Å². The first-order valence-corrected chi connectivity index (χ1v) is 7.63. The average Bonchev–Trinajstić information content (AvgIpc) is 2.36. The number of hydrogen-bond donors (Lipinski definition) is 2. The Labute approximate surface area is 126 Å². The van der Waals surface area contributed by atoms with Crippen molar-refractivity contribution >= 4 is 17.5 Å². The quantitative estimate of drug-likeness (QED) is 0.774. The van der Waals surface area contributed by atoms with Crippen molar-refractivity contribution < 1.29 is 4.79 Å². The molecule has 0 aliphatic heterocycles. The molecule has 3 nitrogen and oxygen atoms in total. The van der Waals surface area contributed by atoms with Gasteiger partial charge < -0.3 is 11.1 Å². The van der Waals surface area contributed by atoms with E-state index in [4.69, 9.17) is 17.3 Å². The van der Waals surface area contributed by atoms with Gasteiger partial charge in [-0.2, -0.15) is 0 Å². The van der Waals surface area contributed by atoms with Crippen molar-refractivity contribution in [2.24, 2.45) is 11.7 Å². The van der Waals surface area contributed by atoms with Gasteiger partial charge in [0.2, 0.25) is 5.91 Å². The molecule has 0 saturated carbocycles. The molecule has 1 aromatic rings. The highest BCUT2D eigenvalue weighted by atomic mass is 35.5. The summed E-state index contributed by atoms with van der Waals surface area (Å²) in [5.41, 5.74) is 6.64. The maximum absolute atomic E-state index is 11.9. The van der Waals surface area contributed by atoms with Gasteiger partial charge in [0.05, 0.1) is 0 Å². The Morgan fingerprint density at radius 2 is 2.10 bits per heavy atom. The van der Waals surface area contributed by atoms with Crippen LogP contribution in [0.15, 0.2) is 24.3 Å².